The average molecular weight is 366 g/mol. The fourth-order valence-electron chi connectivity index (χ4n) is 3.85. The lowest BCUT2D eigenvalue weighted by atomic mass is 9.76. The minimum Gasteiger partial charge on any atom is -0.487 e. The predicted molar refractivity (Wildman–Crippen MR) is 96.1 cm³/mol. The van der Waals surface area contributed by atoms with Crippen molar-refractivity contribution in [3.63, 3.8) is 0 Å². The van der Waals surface area contributed by atoms with E-state index in [2.05, 4.69) is 0 Å². The molecule has 0 saturated carbocycles. The molecule has 1 aromatic carbocycles. The van der Waals surface area contributed by atoms with Crippen LogP contribution in [0.5, 0.6) is 5.75 Å². The van der Waals surface area contributed by atoms with Gasteiger partial charge in [-0.05, 0) is 18.1 Å². The topological polar surface area (TPSA) is 66.9 Å². The van der Waals surface area contributed by atoms with Crippen molar-refractivity contribution < 1.29 is 17.9 Å². The normalized spacial score (nSPS) is 22.9. The molecule has 0 bridgehead atoms. The first kappa shape index (κ1) is 18.2. The lowest BCUT2D eigenvalue weighted by Gasteiger charge is -2.46. The van der Waals surface area contributed by atoms with Crippen LogP contribution in [0, 0.1) is 0 Å². The summed E-state index contributed by atoms with van der Waals surface area (Å²) in [6.45, 7) is 0.935. The number of fused-ring (bicyclic) bond motifs is 1. The number of piperidine rings is 1. The molecule has 6 nitrogen and oxygen atoms in total. The van der Waals surface area contributed by atoms with E-state index < -0.39 is 10.0 Å². The largest absolute Gasteiger partial charge is 0.487 e. The molecule has 1 spiro atoms. The van der Waals surface area contributed by atoms with Gasteiger partial charge in [0.1, 0.15) is 11.4 Å². The van der Waals surface area contributed by atoms with E-state index in [0.29, 0.717) is 32.4 Å². The number of nitrogens with zero attached hydrogens (tertiary/aromatic N) is 2. The van der Waals surface area contributed by atoms with Crippen LogP contribution in [0.4, 0.5) is 0 Å². The molecule has 1 aromatic rings. The Morgan fingerprint density at radius 1 is 1.28 bits per heavy atom. The van der Waals surface area contributed by atoms with Crippen LogP contribution in [-0.4, -0.2) is 62.6 Å². The third kappa shape index (κ3) is 3.82. The molecule has 1 atom stereocenters. The molecule has 2 aliphatic rings. The van der Waals surface area contributed by atoms with Gasteiger partial charge in [0.05, 0.1) is 6.26 Å². The van der Waals surface area contributed by atoms with Crippen molar-refractivity contribution in [1.82, 2.24) is 9.21 Å². The number of rotatable bonds is 3. The Bertz CT molecular complexity index is 752. The van der Waals surface area contributed by atoms with Gasteiger partial charge in [-0.25, -0.2) is 12.7 Å². The molecule has 0 radical (unpaired) electrons. The second-order valence-electron chi connectivity index (χ2n) is 7.38. The SMILES string of the molecule is CN(C)C(=O)CC1CC2(CCN(S(C)(=O)=O)CC2)Oc2ccccc21. The lowest BCUT2D eigenvalue weighted by molar-refractivity contribution is -0.129. The minimum atomic E-state index is -3.17. The highest BCUT2D eigenvalue weighted by atomic mass is 32.2. The Labute approximate surface area is 149 Å². The summed E-state index contributed by atoms with van der Waals surface area (Å²) in [6.07, 6.45) is 3.76. The maximum atomic E-state index is 12.3. The van der Waals surface area contributed by atoms with E-state index in [0.717, 1.165) is 17.7 Å². The third-order valence-corrected chi connectivity index (χ3v) is 6.63. The van der Waals surface area contributed by atoms with Gasteiger partial charge < -0.3 is 9.64 Å². The Kier molecular flexibility index (Phi) is 4.81. The van der Waals surface area contributed by atoms with Gasteiger partial charge in [-0.1, -0.05) is 18.2 Å². The maximum absolute atomic E-state index is 12.3. The van der Waals surface area contributed by atoms with Gasteiger partial charge in [0.2, 0.25) is 15.9 Å². The highest BCUT2D eigenvalue weighted by molar-refractivity contribution is 7.88. The van der Waals surface area contributed by atoms with Crippen molar-refractivity contribution in [3.8, 4) is 5.75 Å². The first-order valence-electron chi connectivity index (χ1n) is 8.63. The van der Waals surface area contributed by atoms with Crippen LogP contribution in [-0.2, 0) is 14.8 Å². The van der Waals surface area contributed by atoms with Crippen LogP contribution in [0.1, 0.15) is 37.2 Å². The fourth-order valence-corrected chi connectivity index (χ4v) is 4.70. The van der Waals surface area contributed by atoms with Crippen molar-refractivity contribution in [2.24, 2.45) is 0 Å². The number of benzene rings is 1. The molecule has 0 aromatic heterocycles. The molecule has 1 amide bonds. The molecule has 2 heterocycles. The van der Waals surface area contributed by atoms with Gasteiger partial charge in [-0.2, -0.15) is 0 Å². The maximum Gasteiger partial charge on any atom is 0.222 e. The summed E-state index contributed by atoms with van der Waals surface area (Å²) in [7, 11) is 0.375. The molecule has 7 heteroatoms. The second kappa shape index (κ2) is 6.61. The highest BCUT2D eigenvalue weighted by Gasteiger charge is 2.44. The van der Waals surface area contributed by atoms with E-state index >= 15 is 0 Å². The summed E-state index contributed by atoms with van der Waals surface area (Å²) < 4.78 is 31.4. The summed E-state index contributed by atoms with van der Waals surface area (Å²) in [4.78, 5) is 13.9. The second-order valence-corrected chi connectivity index (χ2v) is 9.36. The molecule has 138 valence electrons. The van der Waals surface area contributed by atoms with E-state index in [-0.39, 0.29) is 17.4 Å². The molecule has 2 aliphatic heterocycles. The van der Waals surface area contributed by atoms with Gasteiger partial charge in [0.25, 0.3) is 0 Å². The molecular formula is C18H26N2O4S. The number of amides is 1. The molecule has 25 heavy (non-hydrogen) atoms. The Hall–Kier alpha value is -1.60. The number of para-hydroxylation sites is 1. The van der Waals surface area contributed by atoms with E-state index in [1.807, 2.05) is 24.3 Å². The Morgan fingerprint density at radius 2 is 1.92 bits per heavy atom. The summed E-state index contributed by atoms with van der Waals surface area (Å²) in [5.74, 6) is 1.04. The number of carbonyl (C=O) groups is 1. The third-order valence-electron chi connectivity index (χ3n) is 5.33. The van der Waals surface area contributed by atoms with Crippen molar-refractivity contribution >= 4 is 15.9 Å². The first-order chi connectivity index (χ1) is 11.7. The summed E-state index contributed by atoms with van der Waals surface area (Å²) >= 11 is 0. The summed E-state index contributed by atoms with van der Waals surface area (Å²) in [5.41, 5.74) is 0.696. The molecule has 0 N–H and O–H groups in total. The quantitative estimate of drug-likeness (QED) is 0.818. The molecule has 3 rings (SSSR count). The number of hydrogen-bond acceptors (Lipinski definition) is 4. The van der Waals surface area contributed by atoms with Crippen LogP contribution >= 0.6 is 0 Å². The van der Waals surface area contributed by atoms with Crippen LogP contribution in [0.15, 0.2) is 24.3 Å². The number of sulfonamides is 1. The predicted octanol–water partition coefficient (Wildman–Crippen LogP) is 1.83. The van der Waals surface area contributed by atoms with E-state index in [9.17, 15) is 13.2 Å². The van der Waals surface area contributed by atoms with Gasteiger partial charge >= 0.3 is 0 Å². The van der Waals surface area contributed by atoms with Gasteiger partial charge in [-0.15, -0.1) is 0 Å². The fraction of sp³-hybridized carbons (Fsp3) is 0.611. The van der Waals surface area contributed by atoms with Crippen molar-refractivity contribution in [1.29, 1.82) is 0 Å². The highest BCUT2D eigenvalue weighted by Crippen LogP contribution is 2.46. The summed E-state index contributed by atoms with van der Waals surface area (Å²) in [6, 6.07) is 7.89. The van der Waals surface area contributed by atoms with E-state index in [1.54, 1.807) is 19.0 Å². The van der Waals surface area contributed by atoms with Gasteiger partial charge in [0, 0.05) is 52.4 Å². The standard InChI is InChI=1S/C18H26N2O4S/c1-19(2)17(21)12-14-13-18(24-16-7-5-4-6-15(14)16)8-10-20(11-9-18)25(3,22)23/h4-7,14H,8-13H2,1-3H3. The monoisotopic (exact) mass is 366 g/mol. The zero-order valence-corrected chi connectivity index (χ0v) is 15.9. The molecule has 1 fully saturated rings. The number of hydrogen-bond donors (Lipinski definition) is 0. The van der Waals surface area contributed by atoms with Crippen LogP contribution in [0.3, 0.4) is 0 Å². The van der Waals surface area contributed by atoms with Gasteiger partial charge in [0.15, 0.2) is 0 Å². The molecule has 1 unspecified atom stereocenters. The zero-order chi connectivity index (χ0) is 18.2. The molecule has 0 aliphatic carbocycles. The van der Waals surface area contributed by atoms with Crippen molar-refractivity contribution in [3.05, 3.63) is 29.8 Å². The zero-order valence-electron chi connectivity index (χ0n) is 15.1. The Balaban J connectivity index is 1.83. The smallest absolute Gasteiger partial charge is 0.222 e. The first-order valence-corrected chi connectivity index (χ1v) is 10.5. The lowest BCUT2D eigenvalue weighted by Crippen LogP contribution is -2.51. The number of ether oxygens (including phenoxy) is 1. The molecule has 1 saturated heterocycles. The average Bonchev–Trinajstić information content (AvgIpc) is 2.54. The van der Waals surface area contributed by atoms with Crippen LogP contribution in [0.25, 0.3) is 0 Å². The van der Waals surface area contributed by atoms with Crippen LogP contribution < -0.4 is 4.74 Å². The molecular weight excluding hydrogens is 340 g/mol. The van der Waals surface area contributed by atoms with E-state index in [1.165, 1.54) is 10.6 Å². The Morgan fingerprint density at radius 3 is 2.52 bits per heavy atom. The summed E-state index contributed by atoms with van der Waals surface area (Å²) in [5, 5.41) is 0. The van der Waals surface area contributed by atoms with Crippen molar-refractivity contribution in [2.45, 2.75) is 37.2 Å². The van der Waals surface area contributed by atoms with Crippen molar-refractivity contribution in [2.75, 3.05) is 33.4 Å². The van der Waals surface area contributed by atoms with Gasteiger partial charge in [-0.3, -0.25) is 4.79 Å². The number of carbonyl (C=O) groups excluding carboxylic acids is 1. The minimum absolute atomic E-state index is 0.102. The van der Waals surface area contributed by atoms with Crippen LogP contribution in [0.2, 0.25) is 0 Å². The van der Waals surface area contributed by atoms with E-state index in [4.69, 9.17) is 4.74 Å².